The Labute approximate surface area is 185 Å². The molecule has 0 saturated carbocycles. The summed E-state index contributed by atoms with van der Waals surface area (Å²) < 4.78 is 36.1. The molecule has 1 fully saturated rings. The number of anilines is 2. The van der Waals surface area contributed by atoms with Crippen LogP contribution in [0.5, 0.6) is 5.88 Å². The molecule has 0 radical (unpaired) electrons. The van der Waals surface area contributed by atoms with Gasteiger partial charge in [0.05, 0.1) is 12.5 Å². The van der Waals surface area contributed by atoms with E-state index in [1.54, 1.807) is 23.7 Å². The molecule has 2 aromatic heterocycles. The van der Waals surface area contributed by atoms with Gasteiger partial charge in [-0.3, -0.25) is 4.79 Å². The lowest BCUT2D eigenvalue weighted by Crippen LogP contribution is -2.21. The van der Waals surface area contributed by atoms with Crippen LogP contribution in [0.15, 0.2) is 12.1 Å². The molecule has 1 aromatic carbocycles. The van der Waals surface area contributed by atoms with Crippen LogP contribution in [0.4, 0.5) is 20.2 Å². The van der Waals surface area contributed by atoms with Crippen molar-refractivity contribution in [1.82, 2.24) is 14.8 Å². The Morgan fingerprint density at radius 3 is 2.47 bits per heavy atom. The number of aryl methyl sites for hydroxylation is 3. The summed E-state index contributed by atoms with van der Waals surface area (Å²) in [6.45, 7) is 5.12. The number of pyridine rings is 1. The lowest BCUT2D eigenvalue weighted by Gasteiger charge is -2.20. The zero-order valence-corrected chi connectivity index (χ0v) is 18.8. The van der Waals surface area contributed by atoms with Gasteiger partial charge in [0.2, 0.25) is 11.8 Å². The van der Waals surface area contributed by atoms with Crippen molar-refractivity contribution in [3.05, 3.63) is 40.6 Å². The largest absolute Gasteiger partial charge is 0.479 e. The number of amides is 1. The van der Waals surface area contributed by atoms with E-state index in [1.807, 2.05) is 13.8 Å². The fourth-order valence-corrected chi connectivity index (χ4v) is 4.45. The summed E-state index contributed by atoms with van der Waals surface area (Å²) in [5.41, 5.74) is 3.51. The van der Waals surface area contributed by atoms with Gasteiger partial charge in [-0.1, -0.05) is 0 Å². The topological polar surface area (TPSA) is 72.3 Å². The molecule has 1 N–H and O–H groups in total. The van der Waals surface area contributed by atoms with Crippen molar-refractivity contribution in [1.29, 1.82) is 0 Å². The molecule has 0 aliphatic carbocycles. The maximum absolute atomic E-state index is 14.5. The Morgan fingerprint density at radius 2 is 1.84 bits per heavy atom. The van der Waals surface area contributed by atoms with Gasteiger partial charge in [0.1, 0.15) is 5.69 Å². The van der Waals surface area contributed by atoms with Crippen LogP contribution in [0.1, 0.15) is 36.1 Å². The third kappa shape index (κ3) is 3.99. The van der Waals surface area contributed by atoms with E-state index in [4.69, 9.17) is 4.74 Å². The second kappa shape index (κ2) is 8.72. The summed E-state index contributed by atoms with van der Waals surface area (Å²) in [6.07, 6.45) is 2.42. The number of carbonyl (C=O) groups excluding carboxylic acids is 1. The van der Waals surface area contributed by atoms with Crippen LogP contribution in [-0.2, 0) is 18.3 Å². The minimum atomic E-state index is -0.660. The van der Waals surface area contributed by atoms with Crippen molar-refractivity contribution >= 4 is 28.3 Å². The quantitative estimate of drug-likeness (QED) is 0.623. The molecule has 3 heterocycles. The maximum Gasteiger partial charge on any atom is 0.242 e. The lowest BCUT2D eigenvalue weighted by molar-refractivity contribution is -0.116. The third-order valence-electron chi connectivity index (χ3n) is 6.04. The number of fused-ring (bicyclic) bond motifs is 1. The minimum Gasteiger partial charge on any atom is -0.479 e. The summed E-state index contributed by atoms with van der Waals surface area (Å²) in [4.78, 5) is 18.9. The second-order valence-corrected chi connectivity index (χ2v) is 8.16. The van der Waals surface area contributed by atoms with E-state index < -0.39 is 11.6 Å². The van der Waals surface area contributed by atoms with Crippen LogP contribution in [0.25, 0.3) is 11.0 Å². The van der Waals surface area contributed by atoms with Gasteiger partial charge >= 0.3 is 0 Å². The van der Waals surface area contributed by atoms with E-state index >= 15 is 0 Å². The van der Waals surface area contributed by atoms with Gasteiger partial charge in [-0.05, 0) is 56.4 Å². The molecule has 9 heteroatoms. The fraction of sp³-hybridized carbons (Fsp3) is 0.435. The molecule has 1 saturated heterocycles. The van der Waals surface area contributed by atoms with Gasteiger partial charge in [0.25, 0.3) is 0 Å². The SMILES string of the molecule is COc1nn(C)c2nc(C)c(CCC(=O)Nc3cc(F)c(N4CCCC4)c(F)c3)c(C)c12. The summed E-state index contributed by atoms with van der Waals surface area (Å²) in [5.74, 6) is -1.16. The van der Waals surface area contributed by atoms with E-state index in [-0.39, 0.29) is 23.7 Å². The Balaban J connectivity index is 1.49. The van der Waals surface area contributed by atoms with Crippen molar-refractivity contribution in [2.24, 2.45) is 7.05 Å². The molecule has 0 bridgehead atoms. The summed E-state index contributed by atoms with van der Waals surface area (Å²) in [6, 6.07) is 2.36. The van der Waals surface area contributed by atoms with E-state index in [0.29, 0.717) is 31.0 Å². The number of ether oxygens (including phenoxy) is 1. The first kappa shape index (κ1) is 22.0. The monoisotopic (exact) mass is 443 g/mol. The number of nitrogens with one attached hydrogen (secondary N) is 1. The van der Waals surface area contributed by atoms with Crippen molar-refractivity contribution in [3.8, 4) is 5.88 Å². The number of nitrogens with zero attached hydrogens (tertiary/aromatic N) is 4. The number of benzene rings is 1. The van der Waals surface area contributed by atoms with Crippen molar-refractivity contribution in [3.63, 3.8) is 0 Å². The Morgan fingerprint density at radius 1 is 1.19 bits per heavy atom. The van der Waals surface area contributed by atoms with Crippen LogP contribution in [0.3, 0.4) is 0 Å². The second-order valence-electron chi connectivity index (χ2n) is 8.16. The van der Waals surface area contributed by atoms with E-state index in [2.05, 4.69) is 15.4 Å². The Kier molecular flexibility index (Phi) is 5.99. The molecule has 0 atom stereocenters. The predicted octanol–water partition coefficient (Wildman–Crippen LogP) is 4.04. The van der Waals surface area contributed by atoms with E-state index in [0.717, 1.165) is 35.0 Å². The first-order chi connectivity index (χ1) is 15.3. The smallest absolute Gasteiger partial charge is 0.242 e. The summed E-state index contributed by atoms with van der Waals surface area (Å²) in [5, 5.41) is 7.77. The highest BCUT2D eigenvalue weighted by Gasteiger charge is 2.22. The Hall–Kier alpha value is -3.23. The fourth-order valence-electron chi connectivity index (χ4n) is 4.45. The van der Waals surface area contributed by atoms with Crippen LogP contribution < -0.4 is 15.0 Å². The number of aromatic nitrogens is 3. The van der Waals surface area contributed by atoms with Gasteiger partial charge in [-0.2, -0.15) is 0 Å². The van der Waals surface area contributed by atoms with Crippen molar-refractivity contribution in [2.75, 3.05) is 30.4 Å². The van der Waals surface area contributed by atoms with Crippen LogP contribution in [0, 0.1) is 25.5 Å². The van der Waals surface area contributed by atoms with Crippen molar-refractivity contribution in [2.45, 2.75) is 39.5 Å². The molecule has 0 unspecified atom stereocenters. The average Bonchev–Trinajstić information content (AvgIpc) is 3.35. The molecule has 4 rings (SSSR count). The molecule has 1 aliphatic heterocycles. The molecule has 3 aromatic rings. The van der Waals surface area contributed by atoms with Gasteiger partial charge < -0.3 is 15.0 Å². The van der Waals surface area contributed by atoms with Gasteiger partial charge in [-0.25, -0.2) is 18.4 Å². The van der Waals surface area contributed by atoms with Gasteiger partial charge in [-0.15, -0.1) is 5.10 Å². The molecule has 32 heavy (non-hydrogen) atoms. The summed E-state index contributed by atoms with van der Waals surface area (Å²) in [7, 11) is 3.36. The molecule has 1 aliphatic rings. The van der Waals surface area contributed by atoms with Crippen LogP contribution in [0.2, 0.25) is 0 Å². The lowest BCUT2D eigenvalue weighted by atomic mass is 10.00. The highest BCUT2D eigenvalue weighted by Crippen LogP contribution is 2.31. The molecule has 0 spiro atoms. The number of carbonyl (C=O) groups is 1. The predicted molar refractivity (Wildman–Crippen MR) is 119 cm³/mol. The minimum absolute atomic E-state index is 0.0171. The molecule has 1 amide bonds. The first-order valence-corrected chi connectivity index (χ1v) is 10.7. The number of hydrogen-bond donors (Lipinski definition) is 1. The average molecular weight is 443 g/mol. The Bertz CT molecular complexity index is 1160. The van der Waals surface area contributed by atoms with Gasteiger partial charge in [0.15, 0.2) is 17.3 Å². The van der Waals surface area contributed by atoms with Crippen LogP contribution in [-0.4, -0.2) is 40.9 Å². The van der Waals surface area contributed by atoms with E-state index in [1.165, 1.54) is 12.1 Å². The zero-order chi connectivity index (χ0) is 23.0. The maximum atomic E-state index is 14.5. The highest BCUT2D eigenvalue weighted by atomic mass is 19.1. The van der Waals surface area contributed by atoms with E-state index in [9.17, 15) is 13.6 Å². The molecule has 7 nitrogen and oxygen atoms in total. The van der Waals surface area contributed by atoms with Crippen LogP contribution >= 0.6 is 0 Å². The van der Waals surface area contributed by atoms with Crippen molar-refractivity contribution < 1.29 is 18.3 Å². The highest BCUT2D eigenvalue weighted by molar-refractivity contribution is 5.91. The molecule has 170 valence electrons. The van der Waals surface area contributed by atoms with Gasteiger partial charge in [0, 0.05) is 37.9 Å². The standard InChI is InChI=1S/C23H27F2N5O2/c1-13-16(14(2)26-22-20(13)23(32-4)28-29(22)3)7-8-19(31)27-15-11-17(24)21(18(25)12-15)30-9-5-6-10-30/h11-12H,5-10H2,1-4H3,(H,27,31). The number of halogens is 2. The summed E-state index contributed by atoms with van der Waals surface area (Å²) >= 11 is 0. The number of hydrogen-bond acceptors (Lipinski definition) is 5. The normalized spacial score (nSPS) is 13.8. The number of methoxy groups -OCH3 is 1. The zero-order valence-electron chi connectivity index (χ0n) is 18.8. The number of rotatable bonds is 6. The molecular weight excluding hydrogens is 416 g/mol. The first-order valence-electron chi connectivity index (χ1n) is 10.7. The molecular formula is C23H27F2N5O2. The third-order valence-corrected chi connectivity index (χ3v) is 6.04.